The zero-order chi connectivity index (χ0) is 16.5. The van der Waals surface area contributed by atoms with Gasteiger partial charge < -0.3 is 10.6 Å². The maximum atomic E-state index is 12.3. The molecule has 0 radical (unpaired) electrons. The van der Waals surface area contributed by atoms with Gasteiger partial charge >= 0.3 is 12.1 Å². The predicted octanol–water partition coefficient (Wildman–Crippen LogP) is 2.09. The van der Waals surface area contributed by atoms with Crippen LogP contribution in [0.3, 0.4) is 0 Å². The Labute approximate surface area is 140 Å². The van der Waals surface area contributed by atoms with E-state index >= 15 is 0 Å². The Hall–Kier alpha value is -3.02. The normalized spacial score (nSPS) is 22.3. The van der Waals surface area contributed by atoms with Crippen molar-refractivity contribution >= 4 is 12.1 Å². The highest BCUT2D eigenvalue weighted by molar-refractivity contribution is 5.84. The zero-order valence-electron chi connectivity index (χ0n) is 13.1. The second kappa shape index (κ2) is 5.88. The molecule has 122 valence electrons. The summed E-state index contributed by atoms with van der Waals surface area (Å²) < 4.78 is 0. The third-order valence-electron chi connectivity index (χ3n) is 4.43. The van der Waals surface area contributed by atoms with Crippen molar-refractivity contribution in [3.05, 3.63) is 71.8 Å². The van der Waals surface area contributed by atoms with Crippen molar-refractivity contribution in [2.24, 2.45) is 0 Å². The molecule has 4 amide bonds. The first-order valence-corrected chi connectivity index (χ1v) is 7.94. The molecule has 24 heavy (non-hydrogen) atoms. The number of carbonyl (C=O) groups is 2. The lowest BCUT2D eigenvalue weighted by Gasteiger charge is -2.22. The van der Waals surface area contributed by atoms with Gasteiger partial charge in [0.15, 0.2) is 0 Å². The standard InChI is InChI=1S/C18H18N4O2/c23-17-20-16-15(21(17)11-13-7-3-1-4-8-13)19-18(24)22(16)12-14-9-5-2-6-10-14/h1-10,15-16H,11-12H2,(H,19,24)(H,20,23)/t15-,16-/m0/s1. The van der Waals surface area contributed by atoms with Gasteiger partial charge in [-0.05, 0) is 11.1 Å². The van der Waals surface area contributed by atoms with Crippen molar-refractivity contribution in [1.82, 2.24) is 20.4 Å². The van der Waals surface area contributed by atoms with Crippen LogP contribution in [-0.4, -0.2) is 34.2 Å². The molecule has 2 aliphatic rings. The fraction of sp³-hybridized carbons (Fsp3) is 0.222. The van der Waals surface area contributed by atoms with Crippen LogP contribution in [0, 0.1) is 0 Å². The van der Waals surface area contributed by atoms with Gasteiger partial charge in [-0.1, -0.05) is 60.7 Å². The molecule has 2 aliphatic heterocycles. The minimum Gasteiger partial charge on any atom is -0.314 e. The minimum absolute atomic E-state index is 0.160. The zero-order valence-corrected chi connectivity index (χ0v) is 13.1. The van der Waals surface area contributed by atoms with Gasteiger partial charge in [-0.3, -0.25) is 9.80 Å². The first-order chi connectivity index (χ1) is 11.7. The molecule has 2 atom stereocenters. The molecule has 2 N–H and O–H groups in total. The Balaban J connectivity index is 1.52. The van der Waals surface area contributed by atoms with Crippen molar-refractivity contribution in [2.75, 3.05) is 0 Å². The van der Waals surface area contributed by atoms with Gasteiger partial charge in [0.1, 0.15) is 12.3 Å². The Morgan fingerprint density at radius 2 is 1.04 bits per heavy atom. The average Bonchev–Trinajstić information content (AvgIpc) is 3.06. The van der Waals surface area contributed by atoms with Gasteiger partial charge in [0.05, 0.1) is 0 Å². The van der Waals surface area contributed by atoms with Crippen molar-refractivity contribution in [2.45, 2.75) is 25.4 Å². The number of nitrogens with zero attached hydrogens (tertiary/aromatic N) is 2. The maximum absolute atomic E-state index is 12.3. The van der Waals surface area contributed by atoms with E-state index in [1.807, 2.05) is 60.7 Å². The van der Waals surface area contributed by atoms with Gasteiger partial charge in [0.2, 0.25) is 0 Å². The Morgan fingerprint density at radius 3 is 1.42 bits per heavy atom. The third kappa shape index (κ3) is 2.56. The average molecular weight is 322 g/mol. The minimum atomic E-state index is -0.353. The van der Waals surface area contributed by atoms with Gasteiger partial charge in [-0.15, -0.1) is 0 Å². The molecule has 2 aromatic carbocycles. The highest BCUT2D eigenvalue weighted by Gasteiger charge is 2.50. The molecule has 0 bridgehead atoms. The van der Waals surface area contributed by atoms with Crippen molar-refractivity contribution < 1.29 is 9.59 Å². The molecule has 0 spiro atoms. The number of hydrogen-bond donors (Lipinski definition) is 2. The summed E-state index contributed by atoms with van der Waals surface area (Å²) >= 11 is 0. The number of carbonyl (C=O) groups excluding carboxylic acids is 2. The van der Waals surface area contributed by atoms with Gasteiger partial charge in [0.25, 0.3) is 0 Å². The number of rotatable bonds is 4. The summed E-state index contributed by atoms with van der Waals surface area (Å²) in [7, 11) is 0. The van der Waals surface area contributed by atoms with Crippen LogP contribution in [0.4, 0.5) is 9.59 Å². The van der Waals surface area contributed by atoms with Crippen LogP contribution in [-0.2, 0) is 13.1 Å². The highest BCUT2D eigenvalue weighted by atomic mass is 16.2. The molecule has 2 saturated heterocycles. The lowest BCUT2D eigenvalue weighted by Crippen LogP contribution is -2.43. The summed E-state index contributed by atoms with van der Waals surface area (Å²) in [5.74, 6) is 0. The molecule has 0 saturated carbocycles. The number of benzene rings is 2. The quantitative estimate of drug-likeness (QED) is 0.905. The monoisotopic (exact) mass is 322 g/mol. The van der Waals surface area contributed by atoms with E-state index in [1.54, 1.807) is 9.80 Å². The van der Waals surface area contributed by atoms with Gasteiger partial charge in [-0.2, -0.15) is 0 Å². The van der Waals surface area contributed by atoms with Crippen LogP contribution in [0.25, 0.3) is 0 Å². The van der Waals surface area contributed by atoms with Gasteiger partial charge in [0, 0.05) is 13.1 Å². The molecular weight excluding hydrogens is 304 g/mol. The van der Waals surface area contributed by atoms with E-state index in [0.717, 1.165) is 11.1 Å². The van der Waals surface area contributed by atoms with E-state index in [0.29, 0.717) is 13.1 Å². The molecule has 2 aromatic rings. The SMILES string of the molecule is O=C1N[C@@H]2[C@@H](NC(=O)N2Cc2ccccc2)N1Cc1ccccc1. The fourth-order valence-corrected chi connectivity index (χ4v) is 3.23. The summed E-state index contributed by atoms with van der Waals surface area (Å²) in [5, 5.41) is 5.83. The summed E-state index contributed by atoms with van der Waals surface area (Å²) in [6, 6.07) is 19.2. The Kier molecular flexibility index (Phi) is 3.57. The first kappa shape index (κ1) is 14.6. The number of amides is 4. The van der Waals surface area contributed by atoms with E-state index in [2.05, 4.69) is 10.6 Å². The molecule has 6 nitrogen and oxygen atoms in total. The van der Waals surface area contributed by atoms with Crippen LogP contribution in [0.15, 0.2) is 60.7 Å². The molecule has 6 heteroatoms. The van der Waals surface area contributed by atoms with Crippen LogP contribution < -0.4 is 10.6 Å². The van der Waals surface area contributed by atoms with Gasteiger partial charge in [-0.25, -0.2) is 9.59 Å². The van der Waals surface area contributed by atoms with Crippen LogP contribution in [0.2, 0.25) is 0 Å². The molecular formula is C18H18N4O2. The molecule has 2 fully saturated rings. The summed E-state index contributed by atoms with van der Waals surface area (Å²) in [4.78, 5) is 28.0. The Morgan fingerprint density at radius 1 is 0.667 bits per heavy atom. The smallest absolute Gasteiger partial charge is 0.314 e. The topological polar surface area (TPSA) is 64.7 Å². The molecule has 0 aromatic heterocycles. The lowest BCUT2D eigenvalue weighted by atomic mass is 10.2. The van der Waals surface area contributed by atoms with E-state index in [9.17, 15) is 9.59 Å². The van der Waals surface area contributed by atoms with Crippen molar-refractivity contribution in [1.29, 1.82) is 0 Å². The maximum Gasteiger partial charge on any atom is 0.321 e. The molecule has 0 aliphatic carbocycles. The molecule has 2 heterocycles. The lowest BCUT2D eigenvalue weighted by molar-refractivity contribution is 0.191. The predicted molar refractivity (Wildman–Crippen MR) is 88.6 cm³/mol. The van der Waals surface area contributed by atoms with E-state index < -0.39 is 0 Å². The first-order valence-electron chi connectivity index (χ1n) is 7.94. The number of hydrogen-bond acceptors (Lipinski definition) is 2. The van der Waals surface area contributed by atoms with E-state index in [1.165, 1.54) is 0 Å². The summed E-state index contributed by atoms with van der Waals surface area (Å²) in [6.45, 7) is 0.931. The second-order valence-electron chi connectivity index (χ2n) is 6.02. The molecule has 0 unspecified atom stereocenters. The summed E-state index contributed by atoms with van der Waals surface area (Å²) in [5.41, 5.74) is 2.06. The largest absolute Gasteiger partial charge is 0.321 e. The number of urea groups is 2. The summed E-state index contributed by atoms with van der Waals surface area (Å²) in [6.07, 6.45) is -0.706. The van der Waals surface area contributed by atoms with Crippen LogP contribution in [0.5, 0.6) is 0 Å². The third-order valence-corrected chi connectivity index (χ3v) is 4.43. The van der Waals surface area contributed by atoms with Crippen LogP contribution in [0.1, 0.15) is 11.1 Å². The fourth-order valence-electron chi connectivity index (χ4n) is 3.23. The number of fused-ring (bicyclic) bond motifs is 1. The number of nitrogens with one attached hydrogen (secondary N) is 2. The highest BCUT2D eigenvalue weighted by Crippen LogP contribution is 2.24. The molecule has 4 rings (SSSR count). The van der Waals surface area contributed by atoms with Crippen molar-refractivity contribution in [3.8, 4) is 0 Å². The van der Waals surface area contributed by atoms with Crippen LogP contribution >= 0.6 is 0 Å². The van der Waals surface area contributed by atoms with Crippen molar-refractivity contribution in [3.63, 3.8) is 0 Å². The Bertz CT molecular complexity index is 685. The van der Waals surface area contributed by atoms with E-state index in [4.69, 9.17) is 0 Å². The second-order valence-corrected chi connectivity index (χ2v) is 6.02. The van der Waals surface area contributed by atoms with E-state index in [-0.39, 0.29) is 24.4 Å².